The molecule has 0 saturated heterocycles. The number of hydrogen-bond acceptors (Lipinski definition) is 3. The average Bonchev–Trinajstić information content (AvgIpc) is 2.43. The van der Waals surface area contributed by atoms with E-state index in [1.807, 2.05) is 13.8 Å². The van der Waals surface area contributed by atoms with E-state index < -0.39 is 10.0 Å². The van der Waals surface area contributed by atoms with Crippen LogP contribution in [0, 0.1) is 13.8 Å². The highest BCUT2D eigenvalue weighted by atomic mass is 35.5. The third kappa shape index (κ3) is 3.56. The summed E-state index contributed by atoms with van der Waals surface area (Å²) in [4.78, 5) is 0.188. The molecule has 0 radical (unpaired) electrons. The van der Waals surface area contributed by atoms with Crippen LogP contribution in [0.3, 0.4) is 0 Å². The van der Waals surface area contributed by atoms with E-state index in [9.17, 15) is 8.42 Å². The van der Waals surface area contributed by atoms with Gasteiger partial charge >= 0.3 is 0 Å². The first-order valence-electron chi connectivity index (χ1n) is 6.42. The van der Waals surface area contributed by atoms with Gasteiger partial charge in [0.2, 0.25) is 0 Å². The van der Waals surface area contributed by atoms with Crippen molar-refractivity contribution in [2.45, 2.75) is 25.3 Å². The van der Waals surface area contributed by atoms with Crippen LogP contribution in [0.2, 0.25) is 5.02 Å². The van der Waals surface area contributed by atoms with E-state index in [1.54, 1.807) is 36.4 Å². The summed E-state index contributed by atoms with van der Waals surface area (Å²) in [6.07, 6.45) is 0. The Bertz CT molecular complexity index is 773. The predicted octanol–water partition coefficient (Wildman–Crippen LogP) is 3.22. The van der Waals surface area contributed by atoms with Crippen LogP contribution in [0.4, 0.5) is 5.69 Å². The third-order valence-electron chi connectivity index (χ3n) is 3.29. The van der Waals surface area contributed by atoms with Gasteiger partial charge in [-0.3, -0.25) is 4.72 Å². The molecule has 0 amide bonds. The lowest BCUT2D eigenvalue weighted by Gasteiger charge is -2.12. The highest BCUT2D eigenvalue weighted by molar-refractivity contribution is 7.92. The summed E-state index contributed by atoms with van der Waals surface area (Å²) in [5, 5.41) is 0.477. The molecule has 21 heavy (non-hydrogen) atoms. The second-order valence-electron chi connectivity index (χ2n) is 4.86. The molecule has 0 spiro atoms. The van der Waals surface area contributed by atoms with Crippen molar-refractivity contribution in [3.8, 4) is 0 Å². The molecule has 112 valence electrons. The molecule has 0 saturated carbocycles. The predicted molar refractivity (Wildman–Crippen MR) is 86.1 cm³/mol. The lowest BCUT2D eigenvalue weighted by Crippen LogP contribution is -2.14. The molecule has 0 heterocycles. The molecule has 0 fully saturated rings. The maximum absolute atomic E-state index is 12.4. The molecular formula is C15H17ClN2O2S. The molecule has 3 N–H and O–H groups in total. The smallest absolute Gasteiger partial charge is 0.261 e. The highest BCUT2D eigenvalue weighted by Gasteiger charge is 2.16. The summed E-state index contributed by atoms with van der Waals surface area (Å²) in [7, 11) is -3.67. The van der Waals surface area contributed by atoms with Crippen molar-refractivity contribution in [2.24, 2.45) is 5.73 Å². The fraction of sp³-hybridized carbons (Fsp3) is 0.200. The van der Waals surface area contributed by atoms with Gasteiger partial charge in [0.25, 0.3) is 10.0 Å². The van der Waals surface area contributed by atoms with Crippen molar-refractivity contribution in [3.05, 3.63) is 58.1 Å². The maximum Gasteiger partial charge on any atom is 0.261 e. The Kier molecular flexibility index (Phi) is 4.56. The second-order valence-corrected chi connectivity index (χ2v) is 6.98. The highest BCUT2D eigenvalue weighted by Crippen LogP contribution is 2.24. The first-order chi connectivity index (χ1) is 9.83. The van der Waals surface area contributed by atoms with E-state index in [1.165, 1.54) is 0 Å². The second kappa shape index (κ2) is 6.05. The van der Waals surface area contributed by atoms with Gasteiger partial charge in [0.1, 0.15) is 0 Å². The zero-order valence-corrected chi connectivity index (χ0v) is 13.4. The largest absolute Gasteiger partial charge is 0.326 e. The molecule has 4 nitrogen and oxygen atoms in total. The Balaban J connectivity index is 2.41. The third-order valence-corrected chi connectivity index (χ3v) is 4.89. The standard InChI is InChI=1S/C15H17ClN2O2S/c1-10-4-6-14(7-12(10)9-17)21(19,20)18-15-8-13(16)5-3-11(15)2/h3-8,18H,9,17H2,1-2H3. The van der Waals surface area contributed by atoms with Gasteiger partial charge < -0.3 is 5.73 Å². The van der Waals surface area contributed by atoms with Crippen LogP contribution in [0.1, 0.15) is 16.7 Å². The van der Waals surface area contributed by atoms with Crippen molar-refractivity contribution in [1.29, 1.82) is 0 Å². The number of halogens is 1. The van der Waals surface area contributed by atoms with Crippen molar-refractivity contribution < 1.29 is 8.42 Å². The zero-order valence-electron chi connectivity index (χ0n) is 11.9. The van der Waals surface area contributed by atoms with E-state index in [0.717, 1.165) is 16.7 Å². The fourth-order valence-electron chi connectivity index (χ4n) is 1.94. The molecule has 0 aromatic heterocycles. The summed E-state index contributed by atoms with van der Waals surface area (Å²) < 4.78 is 27.5. The van der Waals surface area contributed by atoms with Crippen LogP contribution in [-0.2, 0) is 16.6 Å². The molecule has 2 rings (SSSR count). The summed E-state index contributed by atoms with van der Waals surface area (Å²) in [5.74, 6) is 0. The number of benzene rings is 2. The van der Waals surface area contributed by atoms with Crippen LogP contribution in [0.5, 0.6) is 0 Å². The summed E-state index contributed by atoms with van der Waals surface area (Å²) in [6.45, 7) is 4.01. The quantitative estimate of drug-likeness (QED) is 0.907. The lowest BCUT2D eigenvalue weighted by molar-refractivity contribution is 0.601. The van der Waals surface area contributed by atoms with Gasteiger partial charge in [-0.2, -0.15) is 0 Å². The van der Waals surface area contributed by atoms with Gasteiger partial charge in [-0.25, -0.2) is 8.42 Å². The SMILES string of the molecule is Cc1ccc(S(=O)(=O)Nc2cc(Cl)ccc2C)cc1CN. The molecule has 0 unspecified atom stereocenters. The summed E-state index contributed by atoms with van der Waals surface area (Å²) >= 11 is 5.91. The Morgan fingerprint density at radius 2 is 1.76 bits per heavy atom. The van der Waals surface area contributed by atoms with Crippen LogP contribution >= 0.6 is 11.6 Å². The minimum Gasteiger partial charge on any atom is -0.326 e. The van der Waals surface area contributed by atoms with Crippen LogP contribution in [-0.4, -0.2) is 8.42 Å². The van der Waals surface area contributed by atoms with Crippen molar-refractivity contribution in [3.63, 3.8) is 0 Å². The van der Waals surface area contributed by atoms with Crippen LogP contribution in [0.25, 0.3) is 0 Å². The van der Waals surface area contributed by atoms with E-state index in [-0.39, 0.29) is 4.90 Å². The molecular weight excluding hydrogens is 308 g/mol. The van der Waals surface area contributed by atoms with Gasteiger partial charge in [-0.1, -0.05) is 23.7 Å². The van der Waals surface area contributed by atoms with Crippen molar-refractivity contribution >= 4 is 27.3 Å². The molecule has 2 aromatic carbocycles. The summed E-state index contributed by atoms with van der Waals surface area (Å²) in [5.41, 5.74) is 8.67. The summed E-state index contributed by atoms with van der Waals surface area (Å²) in [6, 6.07) is 9.98. The van der Waals surface area contributed by atoms with Crippen LogP contribution < -0.4 is 10.5 Å². The Hall–Kier alpha value is -1.56. The number of hydrogen-bond donors (Lipinski definition) is 2. The Labute approximate surface area is 130 Å². The molecule has 0 aliphatic heterocycles. The Morgan fingerprint density at radius 3 is 2.43 bits per heavy atom. The van der Waals surface area contributed by atoms with Gasteiger partial charge in [0.05, 0.1) is 10.6 Å². The number of nitrogens with one attached hydrogen (secondary N) is 1. The number of rotatable bonds is 4. The minimum atomic E-state index is -3.67. The number of aryl methyl sites for hydroxylation is 2. The van der Waals surface area contributed by atoms with Crippen LogP contribution in [0.15, 0.2) is 41.3 Å². The lowest BCUT2D eigenvalue weighted by atomic mass is 10.1. The maximum atomic E-state index is 12.4. The Morgan fingerprint density at radius 1 is 1.10 bits per heavy atom. The van der Waals surface area contributed by atoms with Crippen molar-refractivity contribution in [2.75, 3.05) is 4.72 Å². The number of sulfonamides is 1. The van der Waals surface area contributed by atoms with Crippen molar-refractivity contribution in [1.82, 2.24) is 0 Å². The van der Waals surface area contributed by atoms with E-state index >= 15 is 0 Å². The molecule has 0 aliphatic rings. The van der Waals surface area contributed by atoms with E-state index in [2.05, 4.69) is 4.72 Å². The molecule has 2 aromatic rings. The normalized spacial score (nSPS) is 11.4. The molecule has 0 aliphatic carbocycles. The van der Waals surface area contributed by atoms with Gasteiger partial charge in [0, 0.05) is 11.6 Å². The first kappa shape index (κ1) is 15.8. The van der Waals surface area contributed by atoms with Gasteiger partial charge in [-0.05, 0) is 54.8 Å². The minimum absolute atomic E-state index is 0.188. The number of anilines is 1. The fourth-order valence-corrected chi connectivity index (χ4v) is 3.29. The van der Waals surface area contributed by atoms with Gasteiger partial charge in [-0.15, -0.1) is 0 Å². The zero-order chi connectivity index (χ0) is 15.6. The van der Waals surface area contributed by atoms with Gasteiger partial charge in [0.15, 0.2) is 0 Å². The van der Waals surface area contributed by atoms with E-state index in [0.29, 0.717) is 17.3 Å². The van der Waals surface area contributed by atoms with E-state index in [4.69, 9.17) is 17.3 Å². The topological polar surface area (TPSA) is 72.2 Å². The molecule has 0 atom stereocenters. The molecule has 6 heteroatoms. The first-order valence-corrected chi connectivity index (χ1v) is 8.28. The monoisotopic (exact) mass is 324 g/mol. The molecule has 0 bridgehead atoms. The number of nitrogens with two attached hydrogens (primary N) is 1. The average molecular weight is 325 g/mol.